The molecule has 0 radical (unpaired) electrons. The average Bonchev–Trinajstić information content (AvgIpc) is 3.03. The Bertz CT molecular complexity index is 657. The van der Waals surface area contributed by atoms with Crippen LogP contribution in [0.3, 0.4) is 0 Å². The monoisotopic (exact) mass is 351 g/mol. The van der Waals surface area contributed by atoms with E-state index in [2.05, 4.69) is 10.3 Å². The van der Waals surface area contributed by atoms with Gasteiger partial charge in [-0.2, -0.15) is 0 Å². The van der Waals surface area contributed by atoms with Gasteiger partial charge < -0.3 is 26.3 Å². The lowest BCUT2D eigenvalue weighted by molar-refractivity contribution is -0.138. The van der Waals surface area contributed by atoms with Gasteiger partial charge in [0.1, 0.15) is 23.4 Å². The van der Waals surface area contributed by atoms with Gasteiger partial charge in [0.15, 0.2) is 0 Å². The maximum absolute atomic E-state index is 11.8. The normalized spacial score (nSPS) is 13.0. The second kappa shape index (κ2) is 8.76. The first-order valence-corrected chi connectivity index (χ1v) is 7.72. The molecule has 5 N–H and O–H groups in total. The number of ether oxygens (including phenoxy) is 2. The summed E-state index contributed by atoms with van der Waals surface area (Å²) in [6.07, 6.45) is 5.38. The van der Waals surface area contributed by atoms with Gasteiger partial charge in [-0.05, 0) is 33.8 Å². The molecule has 25 heavy (non-hydrogen) atoms. The predicted octanol–water partition coefficient (Wildman–Crippen LogP) is 0.941. The maximum atomic E-state index is 11.8. The summed E-state index contributed by atoms with van der Waals surface area (Å²) >= 11 is 0. The molecule has 0 unspecified atom stereocenters. The van der Waals surface area contributed by atoms with Gasteiger partial charge >= 0.3 is 12.1 Å². The van der Waals surface area contributed by atoms with Crippen molar-refractivity contribution in [1.29, 1.82) is 0 Å². The molecule has 1 amide bonds. The fourth-order valence-electron chi connectivity index (χ4n) is 1.73. The van der Waals surface area contributed by atoms with Crippen LogP contribution in [0.15, 0.2) is 36.1 Å². The van der Waals surface area contributed by atoms with Gasteiger partial charge in [0.05, 0.1) is 6.61 Å². The minimum absolute atomic E-state index is 0.000961. The molecular formula is C16H25N5O4. The lowest BCUT2D eigenvalue weighted by Crippen LogP contribution is -2.34. The summed E-state index contributed by atoms with van der Waals surface area (Å²) in [5.41, 5.74) is 11.4. The van der Waals surface area contributed by atoms with E-state index in [4.69, 9.17) is 20.9 Å². The van der Waals surface area contributed by atoms with E-state index in [-0.39, 0.29) is 24.7 Å². The summed E-state index contributed by atoms with van der Waals surface area (Å²) in [6, 6.07) is 0. The first kappa shape index (κ1) is 20.1. The molecule has 1 rings (SSSR count). The Morgan fingerprint density at radius 2 is 2.00 bits per heavy atom. The van der Waals surface area contributed by atoms with Crippen LogP contribution in [0, 0.1) is 0 Å². The molecule has 0 atom stereocenters. The van der Waals surface area contributed by atoms with E-state index in [0.29, 0.717) is 5.57 Å². The van der Waals surface area contributed by atoms with Crippen molar-refractivity contribution in [2.45, 2.75) is 33.3 Å². The van der Waals surface area contributed by atoms with E-state index in [9.17, 15) is 9.59 Å². The summed E-state index contributed by atoms with van der Waals surface area (Å²) in [6.45, 7) is 7.12. The highest BCUT2D eigenvalue weighted by Crippen LogP contribution is 2.10. The van der Waals surface area contributed by atoms with Crippen LogP contribution in [0.4, 0.5) is 4.79 Å². The van der Waals surface area contributed by atoms with E-state index < -0.39 is 17.7 Å². The number of nitrogens with one attached hydrogen (secondary N) is 1. The smallest absolute Gasteiger partial charge is 0.407 e. The van der Waals surface area contributed by atoms with E-state index in [1.807, 2.05) is 0 Å². The number of rotatable bonds is 6. The molecule has 0 aliphatic carbocycles. The number of nitrogens with two attached hydrogens (primary N) is 2. The molecule has 0 spiro atoms. The molecule has 0 aliphatic heterocycles. The molecule has 1 aromatic rings. The van der Waals surface area contributed by atoms with E-state index >= 15 is 0 Å². The SMILES string of the molecule is CCOC(=O)/C(N)=C/C(CNC(=O)OC(C)(C)C)=C(\N)n1ccnc1. The van der Waals surface area contributed by atoms with Gasteiger partial charge in [-0.25, -0.2) is 14.6 Å². The summed E-state index contributed by atoms with van der Waals surface area (Å²) in [5, 5.41) is 2.57. The predicted molar refractivity (Wildman–Crippen MR) is 92.8 cm³/mol. The third-order valence-electron chi connectivity index (χ3n) is 2.77. The molecule has 0 saturated heterocycles. The number of nitrogens with zero attached hydrogens (tertiary/aromatic N) is 2. The quantitative estimate of drug-likeness (QED) is 0.394. The zero-order valence-electron chi connectivity index (χ0n) is 14.9. The molecule has 138 valence electrons. The number of amides is 1. The Morgan fingerprint density at radius 1 is 1.32 bits per heavy atom. The largest absolute Gasteiger partial charge is 0.461 e. The van der Waals surface area contributed by atoms with Crippen molar-refractivity contribution in [2.24, 2.45) is 11.5 Å². The van der Waals surface area contributed by atoms with E-state index in [1.165, 1.54) is 17.0 Å². The second-order valence-electron chi connectivity index (χ2n) is 6.06. The van der Waals surface area contributed by atoms with Crippen molar-refractivity contribution >= 4 is 17.9 Å². The summed E-state index contributed by atoms with van der Waals surface area (Å²) in [4.78, 5) is 27.4. The van der Waals surface area contributed by atoms with Gasteiger partial charge in [0.2, 0.25) is 0 Å². The molecule has 1 heterocycles. The van der Waals surface area contributed by atoms with Gasteiger partial charge in [-0.1, -0.05) is 0 Å². The standard InChI is InChI=1S/C16H25N5O4/c1-5-24-14(22)12(17)8-11(13(18)21-7-6-19-10-21)9-20-15(23)25-16(2,3)4/h6-8,10H,5,9,17-18H2,1-4H3,(H,20,23)/b12-8-,13-11-. The fourth-order valence-corrected chi connectivity index (χ4v) is 1.73. The van der Waals surface area contributed by atoms with Crippen LogP contribution >= 0.6 is 0 Å². The minimum Gasteiger partial charge on any atom is -0.461 e. The molecule has 0 aromatic carbocycles. The Balaban J connectivity index is 3.01. The van der Waals surface area contributed by atoms with Crippen molar-refractivity contribution in [3.05, 3.63) is 36.1 Å². The number of carbonyl (C=O) groups excluding carboxylic acids is 2. The molecule has 0 fully saturated rings. The number of carbonyl (C=O) groups is 2. The topological polar surface area (TPSA) is 134 Å². The molecule has 0 aliphatic rings. The third-order valence-corrected chi connectivity index (χ3v) is 2.77. The number of alkyl carbamates (subject to hydrolysis) is 1. The van der Waals surface area contributed by atoms with Crippen LogP contribution in [0.25, 0.3) is 5.82 Å². The van der Waals surface area contributed by atoms with Gasteiger partial charge in [-0.15, -0.1) is 0 Å². The first-order chi connectivity index (χ1) is 11.6. The number of imidazole rings is 1. The van der Waals surface area contributed by atoms with Gasteiger partial charge in [0, 0.05) is 24.5 Å². The zero-order chi connectivity index (χ0) is 19.0. The molecule has 9 heteroatoms. The first-order valence-electron chi connectivity index (χ1n) is 7.72. The summed E-state index contributed by atoms with van der Waals surface area (Å²) in [5.74, 6) is -0.420. The second-order valence-corrected chi connectivity index (χ2v) is 6.06. The van der Waals surface area contributed by atoms with Crippen molar-refractivity contribution < 1.29 is 19.1 Å². The number of esters is 1. The Kier molecular flexibility index (Phi) is 7.04. The Hall–Kier alpha value is -2.97. The van der Waals surface area contributed by atoms with Crippen LogP contribution in [-0.2, 0) is 14.3 Å². The lowest BCUT2D eigenvalue weighted by Gasteiger charge is -2.20. The molecule has 0 saturated carbocycles. The van der Waals surface area contributed by atoms with E-state index in [0.717, 1.165) is 0 Å². The highest BCUT2D eigenvalue weighted by atomic mass is 16.6. The van der Waals surface area contributed by atoms with Crippen molar-refractivity contribution in [3.8, 4) is 0 Å². The van der Waals surface area contributed by atoms with E-state index in [1.54, 1.807) is 40.1 Å². The highest BCUT2D eigenvalue weighted by molar-refractivity contribution is 5.88. The molecule has 0 bridgehead atoms. The fraction of sp³-hybridized carbons (Fsp3) is 0.438. The average molecular weight is 351 g/mol. The number of hydrogen-bond acceptors (Lipinski definition) is 7. The summed E-state index contributed by atoms with van der Waals surface area (Å²) in [7, 11) is 0. The number of aromatic nitrogens is 2. The van der Waals surface area contributed by atoms with Crippen molar-refractivity contribution in [3.63, 3.8) is 0 Å². The summed E-state index contributed by atoms with van der Waals surface area (Å²) < 4.78 is 11.5. The van der Waals surface area contributed by atoms with Crippen LogP contribution in [0.1, 0.15) is 27.7 Å². The van der Waals surface area contributed by atoms with Crippen molar-refractivity contribution in [2.75, 3.05) is 13.2 Å². The van der Waals surface area contributed by atoms with Crippen LogP contribution in [-0.4, -0.2) is 40.4 Å². The zero-order valence-corrected chi connectivity index (χ0v) is 14.9. The Labute approximate surface area is 146 Å². The van der Waals surface area contributed by atoms with Gasteiger partial charge in [0.25, 0.3) is 0 Å². The third kappa shape index (κ3) is 6.98. The molecule has 1 aromatic heterocycles. The maximum Gasteiger partial charge on any atom is 0.407 e. The van der Waals surface area contributed by atoms with Crippen LogP contribution < -0.4 is 16.8 Å². The van der Waals surface area contributed by atoms with Crippen LogP contribution in [0.2, 0.25) is 0 Å². The van der Waals surface area contributed by atoms with Crippen molar-refractivity contribution in [1.82, 2.24) is 14.9 Å². The highest BCUT2D eigenvalue weighted by Gasteiger charge is 2.17. The van der Waals surface area contributed by atoms with Crippen LogP contribution in [0.5, 0.6) is 0 Å². The number of hydrogen-bond donors (Lipinski definition) is 3. The lowest BCUT2D eigenvalue weighted by atomic mass is 10.2. The molecule has 9 nitrogen and oxygen atoms in total. The minimum atomic E-state index is -0.671. The van der Waals surface area contributed by atoms with Gasteiger partial charge in [-0.3, -0.25) is 4.57 Å². The Morgan fingerprint density at radius 3 is 2.52 bits per heavy atom. The molecular weight excluding hydrogens is 326 g/mol.